The summed E-state index contributed by atoms with van der Waals surface area (Å²) in [4.78, 5) is 34.2. The summed E-state index contributed by atoms with van der Waals surface area (Å²) in [6.45, 7) is 1.02. The number of piperazine rings is 1. The number of hydrogen-bond donors (Lipinski definition) is 3. The van der Waals surface area contributed by atoms with Gasteiger partial charge in [-0.15, -0.1) is 11.3 Å². The van der Waals surface area contributed by atoms with Crippen molar-refractivity contribution in [2.24, 2.45) is 10.9 Å². The van der Waals surface area contributed by atoms with Gasteiger partial charge in [0.25, 0.3) is 5.91 Å². The third-order valence-corrected chi connectivity index (χ3v) is 9.78. The Morgan fingerprint density at radius 1 is 1.13 bits per heavy atom. The van der Waals surface area contributed by atoms with Gasteiger partial charge in [0.2, 0.25) is 10.0 Å². The van der Waals surface area contributed by atoms with E-state index in [4.69, 9.17) is 10.9 Å². The summed E-state index contributed by atoms with van der Waals surface area (Å²) >= 11 is 1.27. The van der Waals surface area contributed by atoms with Crippen molar-refractivity contribution in [2.75, 3.05) is 33.2 Å². The van der Waals surface area contributed by atoms with Crippen LogP contribution in [0.25, 0.3) is 10.8 Å². The Morgan fingerprint density at radius 2 is 1.87 bits per heavy atom. The number of hydrogen-bond acceptors (Lipinski definition) is 9. The Morgan fingerprint density at radius 3 is 2.61 bits per heavy atom. The lowest BCUT2D eigenvalue weighted by atomic mass is 10.1. The number of aliphatic carboxylic acids is 1. The second kappa shape index (κ2) is 9.94. The molecule has 14 heteroatoms. The number of oxime groups is 1. The molecule has 200 valence electrons. The van der Waals surface area contributed by atoms with Crippen LogP contribution in [0, 0.1) is 0 Å². The van der Waals surface area contributed by atoms with Gasteiger partial charge in [0.1, 0.15) is 6.04 Å². The first-order valence-corrected chi connectivity index (χ1v) is 14.1. The molecule has 38 heavy (non-hydrogen) atoms. The third kappa shape index (κ3) is 4.71. The van der Waals surface area contributed by atoms with Crippen LogP contribution < -0.4 is 5.73 Å². The molecule has 0 bridgehead atoms. The third-order valence-electron chi connectivity index (χ3n) is 6.85. The summed E-state index contributed by atoms with van der Waals surface area (Å²) in [5.74, 6) is -1.85. The molecule has 3 heterocycles. The van der Waals surface area contributed by atoms with Gasteiger partial charge in [0.05, 0.1) is 10.6 Å². The highest BCUT2D eigenvalue weighted by molar-refractivity contribution is 7.89. The predicted molar refractivity (Wildman–Crippen MR) is 140 cm³/mol. The number of amides is 1. The van der Waals surface area contributed by atoms with Crippen molar-refractivity contribution < 1.29 is 28.3 Å². The monoisotopic (exact) mass is 558 g/mol. The van der Waals surface area contributed by atoms with E-state index < -0.39 is 27.9 Å². The molecule has 1 aromatic heterocycles. The number of likely N-dealkylation sites (N-methyl/N-ethyl adjacent to an activating group) is 1. The van der Waals surface area contributed by atoms with Crippen molar-refractivity contribution >= 4 is 49.8 Å². The zero-order valence-corrected chi connectivity index (χ0v) is 22.1. The molecular weight excluding hydrogens is 532 g/mol. The molecule has 1 unspecified atom stereocenters. The van der Waals surface area contributed by atoms with Gasteiger partial charge >= 0.3 is 5.97 Å². The Bertz CT molecular complexity index is 1570. The van der Waals surface area contributed by atoms with Gasteiger partial charge in [-0.3, -0.25) is 4.79 Å². The maximum absolute atomic E-state index is 13.5. The molecule has 0 spiro atoms. The molecule has 2 aromatic carbocycles. The number of carboxylic acid groups (broad SMARTS) is 1. The molecule has 0 aliphatic carbocycles. The molecule has 0 radical (unpaired) electrons. The zero-order valence-electron chi connectivity index (χ0n) is 20.4. The Hall–Kier alpha value is -3.59. The van der Waals surface area contributed by atoms with Crippen LogP contribution in [0.5, 0.6) is 0 Å². The molecular formula is C24H26N6O6S2. The number of rotatable bonds is 5. The van der Waals surface area contributed by atoms with E-state index in [1.165, 1.54) is 28.4 Å². The Balaban J connectivity index is 1.38. The zero-order chi connectivity index (χ0) is 27.2. The number of aromatic nitrogens is 1. The number of amidine groups is 1. The maximum atomic E-state index is 13.5. The van der Waals surface area contributed by atoms with Gasteiger partial charge in [-0.25, -0.2) is 18.2 Å². The summed E-state index contributed by atoms with van der Waals surface area (Å²) in [6.07, 6.45) is 0.722. The molecule has 5 rings (SSSR count). The fourth-order valence-electron chi connectivity index (χ4n) is 4.72. The number of nitrogens with two attached hydrogens (primary N) is 1. The fraction of sp³-hybridized carbons (Fsp3) is 0.333. The van der Waals surface area contributed by atoms with E-state index in [1.54, 1.807) is 24.3 Å². The fourth-order valence-corrected chi connectivity index (χ4v) is 7.34. The minimum Gasteiger partial charge on any atom is -0.480 e. The number of nitrogens with zero attached hydrogens (tertiary/aromatic N) is 5. The number of thiazole rings is 1. The van der Waals surface area contributed by atoms with Gasteiger partial charge in [0, 0.05) is 49.6 Å². The lowest BCUT2D eigenvalue weighted by Crippen LogP contribution is -2.59. The van der Waals surface area contributed by atoms with Gasteiger partial charge in [-0.2, -0.15) is 4.31 Å². The predicted octanol–water partition coefficient (Wildman–Crippen LogP) is 0.979. The Kier molecular flexibility index (Phi) is 6.81. The minimum atomic E-state index is -4.05. The van der Waals surface area contributed by atoms with Crippen LogP contribution in [0.15, 0.2) is 46.4 Å². The quantitative estimate of drug-likeness (QED) is 0.179. The number of carbonyl (C=O) groups is 2. The van der Waals surface area contributed by atoms with Gasteiger partial charge in [-0.1, -0.05) is 23.4 Å². The summed E-state index contributed by atoms with van der Waals surface area (Å²) < 4.78 is 28.0. The van der Waals surface area contributed by atoms with Crippen molar-refractivity contribution in [1.29, 1.82) is 0 Å². The maximum Gasteiger partial charge on any atom is 0.327 e. The lowest BCUT2D eigenvalue weighted by molar-refractivity contribution is -0.143. The first-order chi connectivity index (χ1) is 18.1. The van der Waals surface area contributed by atoms with Gasteiger partial charge < -0.3 is 25.8 Å². The topological polar surface area (TPSA) is 170 Å². The van der Waals surface area contributed by atoms with Crippen molar-refractivity contribution in [3.05, 3.63) is 57.5 Å². The highest BCUT2D eigenvalue weighted by Crippen LogP contribution is 2.28. The molecule has 3 aromatic rings. The number of benzene rings is 2. The molecule has 1 atom stereocenters. The average Bonchev–Trinajstić information content (AvgIpc) is 3.34. The van der Waals surface area contributed by atoms with E-state index in [0.717, 1.165) is 27.8 Å². The lowest BCUT2D eigenvalue weighted by Gasteiger charge is -2.38. The molecule has 1 amide bonds. The van der Waals surface area contributed by atoms with Crippen LogP contribution in [-0.4, -0.2) is 94.8 Å². The highest BCUT2D eigenvalue weighted by atomic mass is 32.2. The number of carboxylic acids is 1. The van der Waals surface area contributed by atoms with E-state index in [0.29, 0.717) is 22.9 Å². The first kappa shape index (κ1) is 26.0. The summed E-state index contributed by atoms with van der Waals surface area (Å²) in [7, 11) is -2.06. The standard InChI is InChI=1S/C24H26N6O6S2/c1-28-7-6-18-20(13-28)37-22(26-18)23(31)30-9-8-29(12-19(30)24(32)33)38(35,36)17-5-4-14-10-16(21(25)27-34)3-2-15(14)11-17/h2-5,10-11,19,34H,6-9,12-13H2,1H3,(H2,25,27)(H,32,33). The molecule has 1 fully saturated rings. The van der Waals surface area contributed by atoms with Crippen LogP contribution in [0.4, 0.5) is 0 Å². The number of sulfonamides is 1. The molecule has 4 N–H and O–H groups in total. The summed E-state index contributed by atoms with van der Waals surface area (Å²) in [5.41, 5.74) is 6.98. The van der Waals surface area contributed by atoms with Gasteiger partial charge in [-0.05, 0) is 36.0 Å². The summed E-state index contributed by atoms with van der Waals surface area (Å²) in [5, 5.41) is 23.3. The molecule has 12 nitrogen and oxygen atoms in total. The molecule has 2 aliphatic rings. The van der Waals surface area contributed by atoms with Crippen molar-refractivity contribution in [1.82, 2.24) is 19.1 Å². The van der Waals surface area contributed by atoms with Crippen molar-refractivity contribution in [3.8, 4) is 0 Å². The molecule has 1 saturated heterocycles. The van der Waals surface area contributed by atoms with Crippen molar-refractivity contribution in [3.63, 3.8) is 0 Å². The number of fused-ring (bicyclic) bond motifs is 2. The minimum absolute atomic E-state index is 0.00202. The average molecular weight is 559 g/mol. The molecule has 2 aliphatic heterocycles. The van der Waals surface area contributed by atoms with Crippen LogP contribution in [0.1, 0.15) is 25.9 Å². The molecule has 0 saturated carbocycles. The second-order valence-electron chi connectivity index (χ2n) is 9.30. The smallest absolute Gasteiger partial charge is 0.327 e. The number of carbonyl (C=O) groups excluding carboxylic acids is 1. The highest BCUT2D eigenvalue weighted by Gasteiger charge is 2.41. The second-order valence-corrected chi connectivity index (χ2v) is 12.3. The van der Waals surface area contributed by atoms with E-state index in [1.807, 2.05) is 7.05 Å². The van der Waals surface area contributed by atoms with Crippen LogP contribution in [0.2, 0.25) is 0 Å². The Labute approximate surface area is 222 Å². The van der Waals surface area contributed by atoms with Gasteiger partial charge in [0.15, 0.2) is 10.8 Å². The summed E-state index contributed by atoms with van der Waals surface area (Å²) in [6, 6.07) is 8.10. The van der Waals surface area contributed by atoms with E-state index in [-0.39, 0.29) is 35.4 Å². The van der Waals surface area contributed by atoms with Crippen molar-refractivity contribution in [2.45, 2.75) is 23.9 Å². The van der Waals surface area contributed by atoms with E-state index >= 15 is 0 Å². The van der Waals surface area contributed by atoms with E-state index in [2.05, 4.69) is 15.0 Å². The SMILES string of the molecule is CN1CCc2nc(C(=O)N3CCN(S(=O)(=O)c4ccc5cc(C(N)=NO)ccc5c4)CC3C(=O)O)sc2C1. The van der Waals surface area contributed by atoms with Crippen LogP contribution in [0.3, 0.4) is 0 Å². The first-order valence-electron chi connectivity index (χ1n) is 11.8. The normalized spacial score (nSPS) is 19.4. The van der Waals surface area contributed by atoms with Crippen LogP contribution in [-0.2, 0) is 27.8 Å². The van der Waals surface area contributed by atoms with Crippen LogP contribution >= 0.6 is 11.3 Å². The van der Waals surface area contributed by atoms with E-state index in [9.17, 15) is 23.1 Å². The largest absolute Gasteiger partial charge is 0.480 e.